The van der Waals surface area contributed by atoms with E-state index in [-0.39, 0.29) is 5.56 Å². The predicted molar refractivity (Wildman–Crippen MR) is 62.2 cm³/mol. The van der Waals surface area contributed by atoms with Gasteiger partial charge in [0.25, 0.3) is 5.56 Å². The summed E-state index contributed by atoms with van der Waals surface area (Å²) in [6, 6.07) is 0.435. The lowest BCUT2D eigenvalue weighted by atomic mass is 10.2. The van der Waals surface area contributed by atoms with Crippen molar-refractivity contribution in [3.63, 3.8) is 0 Å². The van der Waals surface area contributed by atoms with E-state index >= 15 is 0 Å². The standard InChI is InChI=1S/C9H13BrN4O/c1-6-5-14(3-2-11-6)7-4-12-13-9(15)8(7)10/h4,6,11H,2-3,5H2,1H3,(H,13,15)/t6-/m0/s1. The normalized spacial score (nSPS) is 21.7. The van der Waals surface area contributed by atoms with Crippen molar-refractivity contribution in [1.82, 2.24) is 15.5 Å². The van der Waals surface area contributed by atoms with E-state index < -0.39 is 0 Å². The number of hydrogen-bond acceptors (Lipinski definition) is 4. The van der Waals surface area contributed by atoms with Crippen LogP contribution in [0, 0.1) is 0 Å². The van der Waals surface area contributed by atoms with E-state index in [0.717, 1.165) is 25.3 Å². The van der Waals surface area contributed by atoms with Crippen molar-refractivity contribution < 1.29 is 0 Å². The first-order chi connectivity index (χ1) is 7.18. The molecule has 1 aromatic heterocycles. The molecule has 1 atom stereocenters. The summed E-state index contributed by atoms with van der Waals surface area (Å²) in [4.78, 5) is 13.5. The molecule has 0 spiro atoms. The minimum atomic E-state index is -0.182. The summed E-state index contributed by atoms with van der Waals surface area (Å²) in [6.07, 6.45) is 1.68. The average molecular weight is 273 g/mol. The third-order valence-electron chi connectivity index (χ3n) is 2.49. The van der Waals surface area contributed by atoms with E-state index in [1.807, 2.05) is 0 Å². The van der Waals surface area contributed by atoms with Crippen molar-refractivity contribution in [3.8, 4) is 0 Å². The van der Waals surface area contributed by atoms with Crippen molar-refractivity contribution in [3.05, 3.63) is 21.0 Å². The van der Waals surface area contributed by atoms with Crippen LogP contribution in [0.15, 0.2) is 15.5 Å². The monoisotopic (exact) mass is 272 g/mol. The summed E-state index contributed by atoms with van der Waals surface area (Å²) in [5.74, 6) is 0. The second-order valence-corrected chi connectivity index (χ2v) is 4.49. The second-order valence-electron chi connectivity index (χ2n) is 3.70. The fraction of sp³-hybridized carbons (Fsp3) is 0.556. The Morgan fingerprint density at radius 1 is 1.67 bits per heavy atom. The number of aromatic nitrogens is 2. The first-order valence-electron chi connectivity index (χ1n) is 4.90. The van der Waals surface area contributed by atoms with Gasteiger partial charge in [-0.25, -0.2) is 5.10 Å². The first-order valence-corrected chi connectivity index (χ1v) is 5.69. The Hall–Kier alpha value is -0.880. The predicted octanol–water partition coefficient (Wildman–Crippen LogP) is 0.331. The fourth-order valence-corrected chi connectivity index (χ4v) is 2.19. The number of nitrogens with one attached hydrogen (secondary N) is 2. The van der Waals surface area contributed by atoms with Crippen LogP contribution in [0.5, 0.6) is 0 Å². The maximum Gasteiger partial charge on any atom is 0.280 e. The van der Waals surface area contributed by atoms with E-state index in [1.165, 1.54) is 0 Å². The molecule has 5 nitrogen and oxygen atoms in total. The molecule has 0 bridgehead atoms. The van der Waals surface area contributed by atoms with Gasteiger partial charge in [0.2, 0.25) is 0 Å². The van der Waals surface area contributed by atoms with E-state index in [0.29, 0.717) is 10.5 Å². The zero-order valence-corrected chi connectivity index (χ0v) is 10.0. The van der Waals surface area contributed by atoms with Gasteiger partial charge in [-0.05, 0) is 22.9 Å². The minimum Gasteiger partial charge on any atom is -0.366 e. The summed E-state index contributed by atoms with van der Waals surface area (Å²) >= 11 is 3.29. The van der Waals surface area contributed by atoms with Gasteiger partial charge >= 0.3 is 0 Å². The van der Waals surface area contributed by atoms with Crippen LogP contribution in [0.2, 0.25) is 0 Å². The molecule has 0 aromatic carbocycles. The van der Waals surface area contributed by atoms with Crippen LogP contribution in [0.25, 0.3) is 0 Å². The van der Waals surface area contributed by atoms with Crippen LogP contribution < -0.4 is 15.8 Å². The molecule has 6 heteroatoms. The molecular formula is C9H13BrN4O. The lowest BCUT2D eigenvalue weighted by molar-refractivity contribution is 0.484. The van der Waals surface area contributed by atoms with Gasteiger partial charge in [-0.15, -0.1) is 0 Å². The molecular weight excluding hydrogens is 260 g/mol. The summed E-state index contributed by atoms with van der Waals surface area (Å²) in [7, 11) is 0. The Morgan fingerprint density at radius 2 is 2.47 bits per heavy atom. The van der Waals surface area contributed by atoms with Crippen molar-refractivity contribution >= 4 is 21.6 Å². The van der Waals surface area contributed by atoms with Crippen LogP contribution in [-0.4, -0.2) is 35.9 Å². The molecule has 0 radical (unpaired) electrons. The molecule has 0 amide bonds. The zero-order chi connectivity index (χ0) is 10.8. The molecule has 1 aromatic rings. The Kier molecular flexibility index (Phi) is 3.06. The number of rotatable bonds is 1. The van der Waals surface area contributed by atoms with Gasteiger partial charge in [0, 0.05) is 25.7 Å². The van der Waals surface area contributed by atoms with Gasteiger partial charge in [0.15, 0.2) is 0 Å². The van der Waals surface area contributed by atoms with Gasteiger partial charge < -0.3 is 10.2 Å². The summed E-state index contributed by atoms with van der Waals surface area (Å²) in [5, 5.41) is 9.56. The topological polar surface area (TPSA) is 61.0 Å². The van der Waals surface area contributed by atoms with Crippen molar-refractivity contribution in [1.29, 1.82) is 0 Å². The largest absolute Gasteiger partial charge is 0.366 e. The highest BCUT2D eigenvalue weighted by Gasteiger charge is 2.19. The van der Waals surface area contributed by atoms with Crippen molar-refractivity contribution in [2.24, 2.45) is 0 Å². The van der Waals surface area contributed by atoms with Gasteiger partial charge in [0.1, 0.15) is 4.47 Å². The molecule has 82 valence electrons. The molecule has 2 rings (SSSR count). The summed E-state index contributed by atoms with van der Waals surface area (Å²) < 4.78 is 0.562. The first kappa shape index (κ1) is 10.6. The van der Waals surface area contributed by atoms with Crippen molar-refractivity contribution in [2.45, 2.75) is 13.0 Å². The van der Waals surface area contributed by atoms with Crippen molar-refractivity contribution in [2.75, 3.05) is 24.5 Å². The number of nitrogens with zero attached hydrogens (tertiary/aromatic N) is 2. The summed E-state index contributed by atoms with van der Waals surface area (Å²) in [5.41, 5.74) is 0.686. The lowest BCUT2D eigenvalue weighted by Crippen LogP contribution is -2.49. The fourth-order valence-electron chi connectivity index (χ4n) is 1.75. The highest BCUT2D eigenvalue weighted by atomic mass is 79.9. The van der Waals surface area contributed by atoms with E-state index in [1.54, 1.807) is 6.20 Å². The number of hydrogen-bond donors (Lipinski definition) is 2. The van der Waals surface area contributed by atoms with Gasteiger partial charge in [-0.3, -0.25) is 4.79 Å². The van der Waals surface area contributed by atoms with Crippen LogP contribution >= 0.6 is 15.9 Å². The van der Waals surface area contributed by atoms with E-state index in [2.05, 4.69) is 43.3 Å². The molecule has 0 unspecified atom stereocenters. The Morgan fingerprint density at radius 3 is 3.20 bits per heavy atom. The number of H-pyrrole nitrogens is 1. The maximum atomic E-state index is 11.4. The smallest absolute Gasteiger partial charge is 0.280 e. The summed E-state index contributed by atoms with van der Waals surface area (Å²) in [6.45, 7) is 4.85. The number of anilines is 1. The lowest BCUT2D eigenvalue weighted by Gasteiger charge is -2.33. The van der Waals surface area contributed by atoms with Crippen LogP contribution in [0.1, 0.15) is 6.92 Å². The molecule has 2 N–H and O–H groups in total. The third-order valence-corrected chi connectivity index (χ3v) is 3.25. The van der Waals surface area contributed by atoms with Crippen LogP contribution in [0.3, 0.4) is 0 Å². The molecule has 0 aliphatic carbocycles. The second kappa shape index (κ2) is 4.32. The molecule has 1 aliphatic heterocycles. The highest BCUT2D eigenvalue weighted by Crippen LogP contribution is 2.21. The van der Waals surface area contributed by atoms with E-state index in [4.69, 9.17) is 0 Å². The van der Waals surface area contributed by atoms with Gasteiger partial charge in [-0.1, -0.05) is 0 Å². The Bertz CT molecular complexity index is 405. The average Bonchev–Trinajstić information content (AvgIpc) is 2.22. The zero-order valence-electron chi connectivity index (χ0n) is 8.46. The van der Waals surface area contributed by atoms with Gasteiger partial charge in [0.05, 0.1) is 11.9 Å². The quantitative estimate of drug-likeness (QED) is 0.774. The van der Waals surface area contributed by atoms with Crippen LogP contribution in [-0.2, 0) is 0 Å². The third kappa shape index (κ3) is 2.21. The number of aromatic amines is 1. The maximum absolute atomic E-state index is 11.4. The Labute approximate surface area is 96.0 Å². The molecule has 0 saturated carbocycles. The molecule has 15 heavy (non-hydrogen) atoms. The van der Waals surface area contributed by atoms with Crippen LogP contribution in [0.4, 0.5) is 5.69 Å². The highest BCUT2D eigenvalue weighted by molar-refractivity contribution is 9.10. The van der Waals surface area contributed by atoms with Gasteiger partial charge in [-0.2, -0.15) is 5.10 Å². The SMILES string of the molecule is C[C@H]1CN(c2cn[nH]c(=O)c2Br)CCN1. The Balaban J connectivity index is 2.28. The number of halogens is 1. The molecule has 2 heterocycles. The molecule has 1 fully saturated rings. The van der Waals surface area contributed by atoms with E-state index in [9.17, 15) is 4.79 Å². The minimum absolute atomic E-state index is 0.182. The molecule has 1 saturated heterocycles. The number of piperazine rings is 1. The molecule has 1 aliphatic rings.